The van der Waals surface area contributed by atoms with Gasteiger partial charge in [-0.1, -0.05) is 12.8 Å². The molecule has 1 saturated heterocycles. The van der Waals surface area contributed by atoms with Crippen LogP contribution < -0.4 is 5.32 Å². The number of nitrogens with one attached hydrogen (secondary N) is 1. The summed E-state index contributed by atoms with van der Waals surface area (Å²) in [4.78, 5) is 23.4. The predicted molar refractivity (Wildman–Crippen MR) is 60.2 cm³/mol. The molecule has 0 radical (unpaired) electrons. The molecule has 5 heteroatoms. The first kappa shape index (κ1) is 12.4. The second-order valence-corrected chi connectivity index (χ2v) is 4.82. The Morgan fingerprint density at radius 2 is 2.18 bits per heavy atom. The highest BCUT2D eigenvalue weighted by molar-refractivity contribution is 5.85. The summed E-state index contributed by atoms with van der Waals surface area (Å²) in [5, 5.41) is 2.79. The van der Waals surface area contributed by atoms with E-state index in [9.17, 15) is 9.59 Å². The zero-order valence-corrected chi connectivity index (χ0v) is 10.1. The number of hydrogen-bond acceptors (Lipinski definition) is 4. The van der Waals surface area contributed by atoms with Crippen molar-refractivity contribution in [1.29, 1.82) is 0 Å². The molecule has 0 unspecified atom stereocenters. The largest absolute Gasteiger partial charge is 0.467 e. The van der Waals surface area contributed by atoms with Gasteiger partial charge in [-0.3, -0.25) is 4.79 Å². The first-order valence-corrected chi connectivity index (χ1v) is 6.16. The van der Waals surface area contributed by atoms with E-state index in [0.29, 0.717) is 25.6 Å². The van der Waals surface area contributed by atoms with Gasteiger partial charge >= 0.3 is 5.97 Å². The van der Waals surface area contributed by atoms with E-state index in [0.717, 1.165) is 19.3 Å². The number of carbonyl (C=O) groups is 2. The molecule has 1 aliphatic heterocycles. The van der Waals surface area contributed by atoms with Crippen molar-refractivity contribution in [3.05, 3.63) is 0 Å². The third kappa shape index (κ3) is 3.43. The monoisotopic (exact) mass is 241 g/mol. The Balaban J connectivity index is 1.86. The number of carbonyl (C=O) groups excluding carboxylic acids is 2. The Bertz CT molecular complexity index is 295. The van der Waals surface area contributed by atoms with E-state index >= 15 is 0 Å². The molecule has 2 atom stereocenters. The average molecular weight is 241 g/mol. The summed E-state index contributed by atoms with van der Waals surface area (Å²) < 4.78 is 9.88. The summed E-state index contributed by atoms with van der Waals surface area (Å²) in [7, 11) is 1.35. The maximum atomic E-state index is 11.9. The van der Waals surface area contributed by atoms with Crippen molar-refractivity contribution in [1.82, 2.24) is 5.32 Å². The van der Waals surface area contributed by atoms with Crippen LogP contribution in [0.15, 0.2) is 0 Å². The zero-order chi connectivity index (χ0) is 12.3. The van der Waals surface area contributed by atoms with Crippen LogP contribution in [0.4, 0.5) is 0 Å². The minimum atomic E-state index is -0.486. The number of hydrogen-bond donors (Lipinski definition) is 1. The van der Waals surface area contributed by atoms with Crippen molar-refractivity contribution >= 4 is 11.9 Å². The van der Waals surface area contributed by atoms with E-state index in [1.54, 1.807) is 0 Å². The SMILES string of the molecule is COC(=O)[C@@H](CC1CC1)NC(=O)[C@H]1CCOC1. The quantitative estimate of drug-likeness (QED) is 0.711. The lowest BCUT2D eigenvalue weighted by Crippen LogP contribution is -2.44. The van der Waals surface area contributed by atoms with E-state index in [1.165, 1.54) is 7.11 Å². The van der Waals surface area contributed by atoms with Gasteiger partial charge < -0.3 is 14.8 Å². The molecule has 0 aromatic heterocycles. The third-order valence-corrected chi connectivity index (χ3v) is 3.37. The second kappa shape index (κ2) is 5.49. The van der Waals surface area contributed by atoms with Crippen molar-refractivity contribution in [2.75, 3.05) is 20.3 Å². The topological polar surface area (TPSA) is 64.6 Å². The molecule has 17 heavy (non-hydrogen) atoms. The van der Waals surface area contributed by atoms with Crippen LogP contribution in [0, 0.1) is 11.8 Å². The molecule has 0 spiro atoms. The van der Waals surface area contributed by atoms with E-state index in [-0.39, 0.29) is 17.8 Å². The molecule has 1 heterocycles. The van der Waals surface area contributed by atoms with E-state index in [2.05, 4.69) is 5.32 Å². The van der Waals surface area contributed by atoms with Gasteiger partial charge in [0.05, 0.1) is 19.6 Å². The Kier molecular flexibility index (Phi) is 3.99. The van der Waals surface area contributed by atoms with Gasteiger partial charge in [0, 0.05) is 6.61 Å². The van der Waals surface area contributed by atoms with Crippen LogP contribution in [0.1, 0.15) is 25.7 Å². The highest BCUT2D eigenvalue weighted by Gasteiger charge is 2.33. The summed E-state index contributed by atoms with van der Waals surface area (Å²) in [5.41, 5.74) is 0. The van der Waals surface area contributed by atoms with Gasteiger partial charge in [-0.25, -0.2) is 4.79 Å². The molecule has 96 valence electrons. The van der Waals surface area contributed by atoms with Crippen LogP contribution in [0.5, 0.6) is 0 Å². The Morgan fingerprint density at radius 1 is 1.41 bits per heavy atom. The van der Waals surface area contributed by atoms with Gasteiger partial charge in [0.1, 0.15) is 6.04 Å². The van der Waals surface area contributed by atoms with Gasteiger partial charge in [0.15, 0.2) is 0 Å². The highest BCUT2D eigenvalue weighted by atomic mass is 16.5. The van der Waals surface area contributed by atoms with Crippen molar-refractivity contribution in [2.45, 2.75) is 31.7 Å². The van der Waals surface area contributed by atoms with E-state index in [4.69, 9.17) is 9.47 Å². The van der Waals surface area contributed by atoms with Gasteiger partial charge in [-0.05, 0) is 18.8 Å². The fraction of sp³-hybridized carbons (Fsp3) is 0.833. The van der Waals surface area contributed by atoms with Crippen LogP contribution in [0.2, 0.25) is 0 Å². The molecule has 1 N–H and O–H groups in total. The smallest absolute Gasteiger partial charge is 0.328 e. The van der Waals surface area contributed by atoms with Crippen LogP contribution in [0.3, 0.4) is 0 Å². The van der Waals surface area contributed by atoms with Crippen LogP contribution in [0.25, 0.3) is 0 Å². The summed E-state index contributed by atoms with van der Waals surface area (Å²) >= 11 is 0. The maximum absolute atomic E-state index is 11.9. The fourth-order valence-electron chi connectivity index (χ4n) is 2.07. The summed E-state index contributed by atoms with van der Waals surface area (Å²) in [5.74, 6) is 0.0308. The highest BCUT2D eigenvalue weighted by Crippen LogP contribution is 2.33. The minimum Gasteiger partial charge on any atom is -0.467 e. The summed E-state index contributed by atoms with van der Waals surface area (Å²) in [6.45, 7) is 1.09. The summed E-state index contributed by atoms with van der Waals surface area (Å²) in [6.07, 6.45) is 3.74. The molecule has 0 aromatic rings. The van der Waals surface area contributed by atoms with Crippen LogP contribution >= 0.6 is 0 Å². The predicted octanol–water partition coefficient (Wildman–Crippen LogP) is 0.481. The molecule has 0 aromatic carbocycles. The van der Waals surface area contributed by atoms with Crippen molar-refractivity contribution < 1.29 is 19.1 Å². The van der Waals surface area contributed by atoms with Gasteiger partial charge in [-0.2, -0.15) is 0 Å². The minimum absolute atomic E-state index is 0.0847. The molecule has 2 rings (SSSR count). The normalized spacial score (nSPS) is 25.4. The number of esters is 1. The first-order valence-electron chi connectivity index (χ1n) is 6.16. The number of amides is 1. The van der Waals surface area contributed by atoms with Gasteiger partial charge in [-0.15, -0.1) is 0 Å². The fourth-order valence-corrected chi connectivity index (χ4v) is 2.07. The lowest BCUT2D eigenvalue weighted by atomic mass is 10.1. The molecule has 1 saturated carbocycles. The molecular formula is C12H19NO4. The first-order chi connectivity index (χ1) is 8.20. The maximum Gasteiger partial charge on any atom is 0.328 e. The molecular weight excluding hydrogens is 222 g/mol. The van der Waals surface area contributed by atoms with Crippen LogP contribution in [-0.2, 0) is 19.1 Å². The lowest BCUT2D eigenvalue weighted by molar-refractivity contribution is -0.146. The Hall–Kier alpha value is -1.10. The number of rotatable bonds is 5. The van der Waals surface area contributed by atoms with Gasteiger partial charge in [0.25, 0.3) is 0 Å². The Labute approximate surface area is 101 Å². The second-order valence-electron chi connectivity index (χ2n) is 4.82. The summed E-state index contributed by atoms with van der Waals surface area (Å²) in [6, 6.07) is -0.486. The third-order valence-electron chi connectivity index (χ3n) is 3.37. The standard InChI is InChI=1S/C12H19NO4/c1-16-12(15)10(6-8-2-3-8)13-11(14)9-4-5-17-7-9/h8-10H,2-7H2,1H3,(H,13,14)/t9-,10+/m0/s1. The number of ether oxygens (including phenoxy) is 2. The van der Waals surface area contributed by atoms with Crippen molar-refractivity contribution in [2.24, 2.45) is 11.8 Å². The van der Waals surface area contributed by atoms with E-state index in [1.807, 2.05) is 0 Å². The molecule has 2 aliphatic rings. The number of methoxy groups -OCH3 is 1. The zero-order valence-electron chi connectivity index (χ0n) is 10.1. The van der Waals surface area contributed by atoms with Crippen molar-refractivity contribution in [3.63, 3.8) is 0 Å². The molecule has 1 amide bonds. The lowest BCUT2D eigenvalue weighted by Gasteiger charge is -2.18. The molecule has 2 fully saturated rings. The molecule has 0 bridgehead atoms. The molecule has 1 aliphatic carbocycles. The van der Waals surface area contributed by atoms with E-state index < -0.39 is 6.04 Å². The molecule has 5 nitrogen and oxygen atoms in total. The van der Waals surface area contributed by atoms with Gasteiger partial charge in [0.2, 0.25) is 5.91 Å². The Morgan fingerprint density at radius 3 is 2.71 bits per heavy atom. The van der Waals surface area contributed by atoms with Crippen molar-refractivity contribution in [3.8, 4) is 0 Å². The average Bonchev–Trinajstić information content (AvgIpc) is 2.97. The van der Waals surface area contributed by atoms with Crippen LogP contribution in [-0.4, -0.2) is 38.2 Å².